The predicted molar refractivity (Wildman–Crippen MR) is 89.5 cm³/mol. The van der Waals surface area contributed by atoms with Crippen LogP contribution in [0.2, 0.25) is 0 Å². The number of hydrogen-bond acceptors (Lipinski definition) is 2. The van der Waals surface area contributed by atoms with Crippen LogP contribution in [-0.4, -0.2) is 24.7 Å². The molecule has 2 aliphatic rings. The summed E-state index contributed by atoms with van der Waals surface area (Å²) >= 11 is 3.76. The molecule has 0 saturated carbocycles. The normalized spacial score (nSPS) is 29.6. The fourth-order valence-corrected chi connectivity index (χ4v) is 4.50. The zero-order valence-electron chi connectivity index (χ0n) is 12.5. The molecule has 110 valence electrons. The Morgan fingerprint density at radius 3 is 2.60 bits per heavy atom. The Kier molecular flexibility index (Phi) is 4.37. The Balaban J connectivity index is 1.88. The Morgan fingerprint density at radius 1 is 1.25 bits per heavy atom. The molecule has 3 rings (SSSR count). The number of benzene rings is 1. The van der Waals surface area contributed by atoms with Gasteiger partial charge in [-0.3, -0.25) is 0 Å². The fraction of sp³-hybridized carbons (Fsp3) is 0.647. The number of halogens is 1. The van der Waals surface area contributed by atoms with Crippen molar-refractivity contribution in [3.63, 3.8) is 0 Å². The second-order valence-electron chi connectivity index (χ2n) is 6.33. The maximum Gasteiger partial charge on any atom is 0.0518 e. The monoisotopic (exact) mass is 336 g/mol. The molecule has 0 radical (unpaired) electrons. The van der Waals surface area contributed by atoms with E-state index in [0.29, 0.717) is 12.1 Å². The molecule has 2 atom stereocenters. The van der Waals surface area contributed by atoms with Gasteiger partial charge in [-0.05, 0) is 79.2 Å². The van der Waals surface area contributed by atoms with Crippen LogP contribution in [0.3, 0.4) is 0 Å². The maximum atomic E-state index is 3.76. The summed E-state index contributed by atoms with van der Waals surface area (Å²) in [4.78, 5) is 2.72. The largest absolute Gasteiger partial charge is 0.365 e. The summed E-state index contributed by atoms with van der Waals surface area (Å²) < 4.78 is 1.25. The number of piperidine rings is 2. The summed E-state index contributed by atoms with van der Waals surface area (Å²) in [6.45, 7) is 5.51. The van der Waals surface area contributed by atoms with Crippen LogP contribution in [0.25, 0.3) is 0 Å². The standard InChI is InChI=1S/C17H25BrN2/c1-3-19-13-10-14-5-4-6-15(11-13)20(14)17-9-12(2)7-8-16(17)18/h7-9,13-15,19H,3-6,10-11H2,1-2H3. The van der Waals surface area contributed by atoms with Gasteiger partial charge >= 0.3 is 0 Å². The molecule has 0 amide bonds. The van der Waals surface area contributed by atoms with Crippen LogP contribution < -0.4 is 10.2 Å². The number of aryl methyl sites for hydroxylation is 1. The average Bonchev–Trinajstić information content (AvgIpc) is 2.41. The summed E-state index contributed by atoms with van der Waals surface area (Å²) in [6.07, 6.45) is 6.68. The first kappa shape index (κ1) is 14.4. The van der Waals surface area contributed by atoms with Gasteiger partial charge in [0.25, 0.3) is 0 Å². The lowest BCUT2D eigenvalue weighted by atomic mass is 9.81. The average molecular weight is 337 g/mol. The van der Waals surface area contributed by atoms with E-state index in [-0.39, 0.29) is 0 Å². The maximum absolute atomic E-state index is 3.76. The summed E-state index contributed by atoms with van der Waals surface area (Å²) in [5.41, 5.74) is 2.77. The molecule has 20 heavy (non-hydrogen) atoms. The van der Waals surface area contributed by atoms with Crippen molar-refractivity contribution in [1.29, 1.82) is 0 Å². The van der Waals surface area contributed by atoms with Crippen LogP contribution in [0, 0.1) is 6.92 Å². The Bertz CT molecular complexity index is 460. The van der Waals surface area contributed by atoms with Gasteiger partial charge in [0.05, 0.1) is 5.69 Å². The number of anilines is 1. The third-order valence-electron chi connectivity index (χ3n) is 4.85. The van der Waals surface area contributed by atoms with Crippen molar-refractivity contribution in [3.8, 4) is 0 Å². The minimum atomic E-state index is 0.713. The fourth-order valence-electron chi connectivity index (χ4n) is 4.05. The molecule has 2 heterocycles. The molecule has 0 spiro atoms. The van der Waals surface area contributed by atoms with Gasteiger partial charge in [-0.25, -0.2) is 0 Å². The highest BCUT2D eigenvalue weighted by molar-refractivity contribution is 9.10. The summed E-state index contributed by atoms with van der Waals surface area (Å²) in [7, 11) is 0. The van der Waals surface area contributed by atoms with E-state index in [4.69, 9.17) is 0 Å². The summed E-state index contributed by atoms with van der Waals surface area (Å²) in [5, 5.41) is 3.67. The number of rotatable bonds is 3. The Morgan fingerprint density at radius 2 is 1.95 bits per heavy atom. The summed E-state index contributed by atoms with van der Waals surface area (Å²) in [6, 6.07) is 8.89. The van der Waals surface area contributed by atoms with Crippen LogP contribution in [0.1, 0.15) is 44.6 Å². The van der Waals surface area contributed by atoms with E-state index in [9.17, 15) is 0 Å². The molecule has 2 unspecified atom stereocenters. The van der Waals surface area contributed by atoms with Crippen molar-refractivity contribution in [2.75, 3.05) is 11.4 Å². The lowest BCUT2D eigenvalue weighted by molar-refractivity contribution is 0.247. The highest BCUT2D eigenvalue weighted by Crippen LogP contribution is 2.40. The van der Waals surface area contributed by atoms with Crippen LogP contribution in [0.15, 0.2) is 22.7 Å². The van der Waals surface area contributed by atoms with Crippen molar-refractivity contribution >= 4 is 21.6 Å². The van der Waals surface area contributed by atoms with Crippen molar-refractivity contribution < 1.29 is 0 Å². The first-order valence-corrected chi connectivity index (χ1v) is 8.76. The van der Waals surface area contributed by atoms with Gasteiger partial charge in [0.1, 0.15) is 0 Å². The van der Waals surface area contributed by atoms with Crippen molar-refractivity contribution in [3.05, 3.63) is 28.2 Å². The molecule has 3 heteroatoms. The SMILES string of the molecule is CCNC1CC2CCCC(C1)N2c1cc(C)ccc1Br. The number of hydrogen-bond donors (Lipinski definition) is 1. The van der Waals surface area contributed by atoms with Crippen molar-refractivity contribution in [2.24, 2.45) is 0 Å². The van der Waals surface area contributed by atoms with E-state index in [1.807, 2.05) is 0 Å². The van der Waals surface area contributed by atoms with Gasteiger partial charge in [-0.15, -0.1) is 0 Å². The predicted octanol–water partition coefficient (Wildman–Crippen LogP) is 4.26. The van der Waals surface area contributed by atoms with Gasteiger partial charge in [0, 0.05) is 22.6 Å². The number of nitrogens with one attached hydrogen (secondary N) is 1. The Hall–Kier alpha value is -0.540. The van der Waals surface area contributed by atoms with Crippen molar-refractivity contribution in [2.45, 2.75) is 64.1 Å². The van der Waals surface area contributed by atoms with E-state index in [1.165, 1.54) is 47.8 Å². The third-order valence-corrected chi connectivity index (χ3v) is 5.52. The molecule has 1 aromatic rings. The minimum Gasteiger partial charge on any atom is -0.365 e. The molecule has 2 nitrogen and oxygen atoms in total. The van der Waals surface area contributed by atoms with E-state index >= 15 is 0 Å². The van der Waals surface area contributed by atoms with Crippen LogP contribution in [0.4, 0.5) is 5.69 Å². The zero-order chi connectivity index (χ0) is 14.1. The molecule has 2 bridgehead atoms. The van der Waals surface area contributed by atoms with E-state index in [0.717, 1.165) is 12.6 Å². The minimum absolute atomic E-state index is 0.713. The van der Waals surface area contributed by atoms with Crippen LogP contribution in [0.5, 0.6) is 0 Å². The molecular weight excluding hydrogens is 312 g/mol. The Labute approximate surface area is 131 Å². The summed E-state index contributed by atoms with van der Waals surface area (Å²) in [5.74, 6) is 0. The quantitative estimate of drug-likeness (QED) is 0.887. The molecule has 1 aromatic carbocycles. The molecule has 2 fully saturated rings. The number of nitrogens with zero attached hydrogens (tertiary/aromatic N) is 1. The van der Waals surface area contributed by atoms with E-state index in [2.05, 4.69) is 58.2 Å². The van der Waals surface area contributed by atoms with Gasteiger partial charge in [0.2, 0.25) is 0 Å². The van der Waals surface area contributed by atoms with Gasteiger partial charge < -0.3 is 10.2 Å². The van der Waals surface area contributed by atoms with E-state index in [1.54, 1.807) is 0 Å². The topological polar surface area (TPSA) is 15.3 Å². The highest BCUT2D eigenvalue weighted by Gasteiger charge is 2.38. The first-order valence-electron chi connectivity index (χ1n) is 7.97. The number of fused-ring (bicyclic) bond motifs is 2. The molecular formula is C17H25BrN2. The smallest absolute Gasteiger partial charge is 0.0518 e. The lowest BCUT2D eigenvalue weighted by Crippen LogP contribution is -2.56. The third kappa shape index (κ3) is 2.75. The second kappa shape index (κ2) is 6.07. The van der Waals surface area contributed by atoms with Gasteiger partial charge in [0.15, 0.2) is 0 Å². The molecule has 0 aliphatic carbocycles. The van der Waals surface area contributed by atoms with Crippen molar-refractivity contribution in [1.82, 2.24) is 5.32 Å². The van der Waals surface area contributed by atoms with Crippen LogP contribution in [-0.2, 0) is 0 Å². The molecule has 1 N–H and O–H groups in total. The molecule has 2 aliphatic heterocycles. The van der Waals surface area contributed by atoms with Crippen LogP contribution >= 0.6 is 15.9 Å². The second-order valence-corrected chi connectivity index (χ2v) is 7.18. The molecule has 0 aromatic heterocycles. The highest BCUT2D eigenvalue weighted by atomic mass is 79.9. The molecule has 2 saturated heterocycles. The van der Waals surface area contributed by atoms with Gasteiger partial charge in [-0.2, -0.15) is 0 Å². The lowest BCUT2D eigenvalue weighted by Gasteiger charge is -2.50. The zero-order valence-corrected chi connectivity index (χ0v) is 14.1. The first-order chi connectivity index (χ1) is 9.69. The van der Waals surface area contributed by atoms with Gasteiger partial charge in [-0.1, -0.05) is 13.0 Å². The van der Waals surface area contributed by atoms with E-state index < -0.39 is 0 Å².